The molecule has 0 aromatic carbocycles. The van der Waals surface area contributed by atoms with Crippen molar-refractivity contribution in [2.75, 3.05) is 0 Å². The number of fused-ring (bicyclic) bond motifs is 1. The zero-order valence-electron chi connectivity index (χ0n) is 8.22. The molecule has 0 saturated heterocycles. The monoisotopic (exact) mass is 152 g/mol. The summed E-state index contributed by atoms with van der Waals surface area (Å²) >= 11 is 0. The summed E-state index contributed by atoms with van der Waals surface area (Å²) in [7, 11) is 0. The van der Waals surface area contributed by atoms with Gasteiger partial charge < -0.3 is 0 Å². The van der Waals surface area contributed by atoms with E-state index in [1.807, 2.05) is 0 Å². The SMILES string of the molecule is C[C@H]1[C@H]2[C@@H](CC[C@@H]1C)C2(C)C. The highest BCUT2D eigenvalue weighted by Crippen LogP contribution is 2.67. The highest BCUT2D eigenvalue weighted by atomic mass is 14.7. The van der Waals surface area contributed by atoms with Crippen LogP contribution in [0.3, 0.4) is 0 Å². The molecule has 2 aliphatic carbocycles. The molecule has 0 aromatic rings. The first-order chi connectivity index (χ1) is 5.05. The third-order valence-electron chi connectivity index (χ3n) is 4.54. The minimum Gasteiger partial charge on any atom is -0.0622 e. The molecule has 2 saturated carbocycles. The van der Waals surface area contributed by atoms with Crippen molar-refractivity contribution in [3.8, 4) is 0 Å². The van der Waals surface area contributed by atoms with Gasteiger partial charge in [0, 0.05) is 0 Å². The molecule has 0 radical (unpaired) electrons. The lowest BCUT2D eigenvalue weighted by Gasteiger charge is -2.24. The molecule has 0 amide bonds. The molecule has 2 aliphatic rings. The maximum atomic E-state index is 2.46. The lowest BCUT2D eigenvalue weighted by molar-refractivity contribution is 0.254. The summed E-state index contributed by atoms with van der Waals surface area (Å²) in [5, 5.41) is 0. The van der Waals surface area contributed by atoms with Gasteiger partial charge in [0.05, 0.1) is 0 Å². The van der Waals surface area contributed by atoms with Crippen molar-refractivity contribution in [2.45, 2.75) is 40.5 Å². The molecule has 0 heteroatoms. The van der Waals surface area contributed by atoms with Crippen molar-refractivity contribution in [2.24, 2.45) is 29.1 Å². The highest BCUT2D eigenvalue weighted by molar-refractivity contribution is 5.09. The number of hydrogen-bond donors (Lipinski definition) is 0. The van der Waals surface area contributed by atoms with E-state index in [1.54, 1.807) is 0 Å². The predicted molar refractivity (Wildman–Crippen MR) is 48.3 cm³/mol. The van der Waals surface area contributed by atoms with Gasteiger partial charge in [-0.3, -0.25) is 0 Å². The summed E-state index contributed by atoms with van der Waals surface area (Å²) in [6, 6.07) is 0. The Balaban J connectivity index is 2.12. The normalized spacial score (nSPS) is 53.5. The minimum absolute atomic E-state index is 0.699. The van der Waals surface area contributed by atoms with Gasteiger partial charge >= 0.3 is 0 Å². The second kappa shape index (κ2) is 2.02. The van der Waals surface area contributed by atoms with Gasteiger partial charge in [-0.2, -0.15) is 0 Å². The van der Waals surface area contributed by atoms with Gasteiger partial charge in [0.1, 0.15) is 0 Å². The molecule has 0 aromatic heterocycles. The molecule has 0 bridgehead atoms. The summed E-state index contributed by atoms with van der Waals surface area (Å²) in [5.41, 5.74) is 0.699. The third-order valence-corrected chi connectivity index (χ3v) is 4.54. The Morgan fingerprint density at radius 1 is 1.09 bits per heavy atom. The van der Waals surface area contributed by atoms with Crippen LogP contribution in [0.2, 0.25) is 0 Å². The molecule has 64 valence electrons. The molecule has 4 atom stereocenters. The molecule has 0 nitrogen and oxygen atoms in total. The predicted octanol–water partition coefficient (Wildman–Crippen LogP) is 3.32. The van der Waals surface area contributed by atoms with Gasteiger partial charge in [0.2, 0.25) is 0 Å². The van der Waals surface area contributed by atoms with Crippen LogP contribution in [0.4, 0.5) is 0 Å². The second-order valence-electron chi connectivity index (χ2n) is 5.37. The van der Waals surface area contributed by atoms with Crippen LogP contribution in [-0.2, 0) is 0 Å². The van der Waals surface area contributed by atoms with Crippen LogP contribution >= 0.6 is 0 Å². The van der Waals surface area contributed by atoms with Crippen LogP contribution in [0, 0.1) is 29.1 Å². The summed E-state index contributed by atoms with van der Waals surface area (Å²) in [6.45, 7) is 9.79. The lowest BCUT2D eigenvalue weighted by atomic mass is 9.81. The molecular formula is C11H20. The van der Waals surface area contributed by atoms with Crippen molar-refractivity contribution < 1.29 is 0 Å². The Morgan fingerprint density at radius 2 is 1.73 bits per heavy atom. The Labute approximate surface area is 70.4 Å². The van der Waals surface area contributed by atoms with Gasteiger partial charge in [-0.1, -0.05) is 34.1 Å². The topological polar surface area (TPSA) is 0 Å². The smallest absolute Gasteiger partial charge is 0.0289 e. The van der Waals surface area contributed by atoms with Crippen LogP contribution in [-0.4, -0.2) is 0 Å². The first-order valence-electron chi connectivity index (χ1n) is 5.05. The molecule has 0 N–H and O–H groups in total. The van der Waals surface area contributed by atoms with Crippen LogP contribution in [0.25, 0.3) is 0 Å². The first-order valence-corrected chi connectivity index (χ1v) is 5.05. The Hall–Kier alpha value is 0. The molecule has 2 fully saturated rings. The zero-order valence-corrected chi connectivity index (χ0v) is 8.22. The van der Waals surface area contributed by atoms with Crippen LogP contribution in [0.15, 0.2) is 0 Å². The fraction of sp³-hybridized carbons (Fsp3) is 1.00. The Morgan fingerprint density at radius 3 is 2.27 bits per heavy atom. The van der Waals surface area contributed by atoms with Crippen LogP contribution < -0.4 is 0 Å². The zero-order chi connectivity index (χ0) is 8.22. The van der Waals surface area contributed by atoms with E-state index >= 15 is 0 Å². The third kappa shape index (κ3) is 0.878. The average molecular weight is 152 g/mol. The van der Waals surface area contributed by atoms with E-state index in [0.717, 1.165) is 23.7 Å². The summed E-state index contributed by atoms with van der Waals surface area (Å²) in [5.74, 6) is 4.11. The van der Waals surface area contributed by atoms with Crippen molar-refractivity contribution in [3.63, 3.8) is 0 Å². The largest absolute Gasteiger partial charge is 0.0622 e. The van der Waals surface area contributed by atoms with E-state index in [0.29, 0.717) is 5.41 Å². The van der Waals surface area contributed by atoms with Gasteiger partial charge in [-0.15, -0.1) is 0 Å². The van der Waals surface area contributed by atoms with E-state index in [-0.39, 0.29) is 0 Å². The van der Waals surface area contributed by atoms with Gasteiger partial charge in [-0.05, 0) is 35.5 Å². The number of hydrogen-bond acceptors (Lipinski definition) is 0. The number of rotatable bonds is 0. The average Bonchev–Trinajstić information content (AvgIpc) is 2.46. The summed E-state index contributed by atoms with van der Waals surface area (Å²) in [4.78, 5) is 0. The quantitative estimate of drug-likeness (QED) is 0.499. The van der Waals surface area contributed by atoms with Crippen molar-refractivity contribution in [1.82, 2.24) is 0 Å². The van der Waals surface area contributed by atoms with E-state index in [9.17, 15) is 0 Å². The Kier molecular flexibility index (Phi) is 1.41. The van der Waals surface area contributed by atoms with Gasteiger partial charge in [0.25, 0.3) is 0 Å². The van der Waals surface area contributed by atoms with E-state index in [1.165, 1.54) is 12.8 Å². The van der Waals surface area contributed by atoms with E-state index in [2.05, 4.69) is 27.7 Å². The summed E-state index contributed by atoms with van der Waals surface area (Å²) in [6.07, 6.45) is 2.98. The maximum Gasteiger partial charge on any atom is -0.0289 e. The molecule has 0 heterocycles. The van der Waals surface area contributed by atoms with Crippen LogP contribution in [0.1, 0.15) is 40.5 Å². The molecule has 0 unspecified atom stereocenters. The van der Waals surface area contributed by atoms with Gasteiger partial charge in [0.15, 0.2) is 0 Å². The van der Waals surface area contributed by atoms with Crippen molar-refractivity contribution >= 4 is 0 Å². The molecular weight excluding hydrogens is 132 g/mol. The minimum atomic E-state index is 0.699. The standard InChI is InChI=1S/C11H20/c1-7-5-6-9-10(8(7)2)11(9,3)4/h7-10H,5-6H2,1-4H3/t7-,8+,9+,10-/m0/s1. The first kappa shape index (κ1) is 7.64. The lowest BCUT2D eigenvalue weighted by Crippen LogP contribution is -2.16. The van der Waals surface area contributed by atoms with E-state index in [4.69, 9.17) is 0 Å². The summed E-state index contributed by atoms with van der Waals surface area (Å²) < 4.78 is 0. The highest BCUT2D eigenvalue weighted by Gasteiger charge is 2.61. The molecule has 11 heavy (non-hydrogen) atoms. The fourth-order valence-electron chi connectivity index (χ4n) is 3.44. The van der Waals surface area contributed by atoms with E-state index < -0.39 is 0 Å². The second-order valence-corrected chi connectivity index (χ2v) is 5.37. The molecule has 0 spiro atoms. The fourth-order valence-corrected chi connectivity index (χ4v) is 3.44. The van der Waals surface area contributed by atoms with Crippen molar-refractivity contribution in [3.05, 3.63) is 0 Å². The molecule has 0 aliphatic heterocycles. The van der Waals surface area contributed by atoms with Gasteiger partial charge in [-0.25, -0.2) is 0 Å². The van der Waals surface area contributed by atoms with Crippen molar-refractivity contribution in [1.29, 1.82) is 0 Å². The maximum absolute atomic E-state index is 2.46. The molecule has 2 rings (SSSR count). The Bertz CT molecular complexity index is 169. The van der Waals surface area contributed by atoms with Crippen LogP contribution in [0.5, 0.6) is 0 Å².